The minimum atomic E-state index is 0.313. The number of carbonyl (C=O) groups excluding carboxylic acids is 1. The average Bonchev–Trinajstić information content (AvgIpc) is 2.34. The first-order valence-corrected chi connectivity index (χ1v) is 6.02. The molecule has 0 radical (unpaired) electrons. The van der Waals surface area contributed by atoms with Gasteiger partial charge in [-0.05, 0) is 24.8 Å². The van der Waals surface area contributed by atoms with E-state index in [9.17, 15) is 4.79 Å². The number of aryl methyl sites for hydroxylation is 1. The molecule has 0 unspecified atom stereocenters. The highest BCUT2D eigenvalue weighted by molar-refractivity contribution is 5.74. The van der Waals surface area contributed by atoms with Gasteiger partial charge >= 0.3 is 0 Å². The Morgan fingerprint density at radius 3 is 2.19 bits per heavy atom. The molecule has 0 heterocycles. The Balaban J connectivity index is 2.14. The van der Waals surface area contributed by atoms with Gasteiger partial charge in [-0.2, -0.15) is 0 Å². The Hall–Kier alpha value is -1.15. The molecule has 0 amide bonds. The molecule has 0 aliphatic rings. The molecule has 1 rings (SSSR count). The second-order valence-electron chi connectivity index (χ2n) is 4.10. The Morgan fingerprint density at radius 1 is 0.938 bits per heavy atom. The van der Waals surface area contributed by atoms with Crippen molar-refractivity contribution in [1.29, 1.82) is 0 Å². The van der Waals surface area contributed by atoms with Crippen molar-refractivity contribution in [2.24, 2.45) is 0 Å². The highest BCUT2D eigenvalue weighted by atomic mass is 16.2. The molecule has 1 N–H and O–H groups in total. The molecule has 16 heavy (non-hydrogen) atoms. The molecule has 1 aromatic carbocycles. The number of aliphatic hydroxyl groups is 1. The minimum Gasteiger partial charge on any atom is -0.396 e. The molecule has 1 aromatic rings. The van der Waals surface area contributed by atoms with Gasteiger partial charge in [-0.25, -0.2) is 0 Å². The number of unbranched alkanes of at least 4 members (excludes halogenated alkanes) is 4. The van der Waals surface area contributed by atoms with Crippen LogP contribution < -0.4 is 0 Å². The number of hydrogen-bond acceptors (Lipinski definition) is 2. The van der Waals surface area contributed by atoms with E-state index in [4.69, 9.17) is 5.11 Å². The van der Waals surface area contributed by atoms with Crippen LogP contribution in [0, 0.1) is 0 Å². The first kappa shape index (κ1) is 12.9. The Kier molecular flexibility index (Phi) is 6.50. The molecular weight excluding hydrogens is 200 g/mol. The lowest BCUT2D eigenvalue weighted by Gasteiger charge is -2.02. The van der Waals surface area contributed by atoms with Crippen molar-refractivity contribution >= 4 is 6.29 Å². The Morgan fingerprint density at radius 2 is 1.56 bits per heavy atom. The molecule has 0 saturated carbocycles. The standard InChI is InChI=1S/C14H20O2/c15-11-5-3-1-2-4-6-13-7-9-14(12-16)10-8-13/h7-10,12,15H,1-6,11H2. The number of aldehydes is 1. The van der Waals surface area contributed by atoms with E-state index in [1.54, 1.807) is 0 Å². The van der Waals surface area contributed by atoms with E-state index in [2.05, 4.69) is 0 Å². The fraction of sp³-hybridized carbons (Fsp3) is 0.500. The summed E-state index contributed by atoms with van der Waals surface area (Å²) in [5.41, 5.74) is 2.04. The second-order valence-corrected chi connectivity index (χ2v) is 4.10. The third kappa shape index (κ3) is 5.08. The summed E-state index contributed by atoms with van der Waals surface area (Å²) < 4.78 is 0. The van der Waals surface area contributed by atoms with Crippen LogP contribution in [0.2, 0.25) is 0 Å². The van der Waals surface area contributed by atoms with Crippen LogP contribution in [0.15, 0.2) is 24.3 Å². The maximum absolute atomic E-state index is 10.5. The van der Waals surface area contributed by atoms with Crippen LogP contribution in [0.25, 0.3) is 0 Å². The lowest BCUT2D eigenvalue weighted by molar-refractivity contribution is 0.112. The summed E-state index contributed by atoms with van der Waals surface area (Å²) in [6.07, 6.45) is 7.61. The predicted molar refractivity (Wildman–Crippen MR) is 65.7 cm³/mol. The van der Waals surface area contributed by atoms with Gasteiger partial charge in [0.15, 0.2) is 0 Å². The number of benzene rings is 1. The summed E-state index contributed by atoms with van der Waals surface area (Å²) in [6, 6.07) is 7.79. The summed E-state index contributed by atoms with van der Waals surface area (Å²) in [5, 5.41) is 8.62. The first-order chi connectivity index (χ1) is 7.86. The fourth-order valence-electron chi connectivity index (χ4n) is 1.73. The number of aliphatic hydroxyl groups excluding tert-OH is 1. The average molecular weight is 220 g/mol. The van der Waals surface area contributed by atoms with Crippen molar-refractivity contribution in [3.63, 3.8) is 0 Å². The first-order valence-electron chi connectivity index (χ1n) is 6.02. The third-order valence-electron chi connectivity index (χ3n) is 2.74. The molecule has 2 heteroatoms. The van der Waals surface area contributed by atoms with E-state index >= 15 is 0 Å². The SMILES string of the molecule is O=Cc1ccc(CCCCCCCO)cc1. The topological polar surface area (TPSA) is 37.3 Å². The van der Waals surface area contributed by atoms with E-state index in [-0.39, 0.29) is 0 Å². The lowest BCUT2D eigenvalue weighted by Crippen LogP contribution is -1.88. The van der Waals surface area contributed by atoms with Gasteiger partial charge in [-0.15, -0.1) is 0 Å². The molecule has 0 fully saturated rings. The summed E-state index contributed by atoms with van der Waals surface area (Å²) >= 11 is 0. The summed E-state index contributed by atoms with van der Waals surface area (Å²) in [5.74, 6) is 0. The molecule has 88 valence electrons. The molecule has 0 aromatic heterocycles. The van der Waals surface area contributed by atoms with E-state index in [1.165, 1.54) is 24.8 Å². The number of carbonyl (C=O) groups is 1. The highest BCUT2D eigenvalue weighted by Gasteiger charge is 1.95. The molecule has 0 saturated heterocycles. The molecule has 0 atom stereocenters. The van der Waals surface area contributed by atoms with Gasteiger partial charge in [0.2, 0.25) is 0 Å². The minimum absolute atomic E-state index is 0.313. The van der Waals surface area contributed by atoms with Crippen LogP contribution in [-0.2, 0) is 6.42 Å². The predicted octanol–water partition coefficient (Wildman–Crippen LogP) is 2.98. The smallest absolute Gasteiger partial charge is 0.150 e. The van der Waals surface area contributed by atoms with Crippen molar-refractivity contribution in [2.75, 3.05) is 6.61 Å². The molecule has 0 aliphatic carbocycles. The van der Waals surface area contributed by atoms with Crippen molar-refractivity contribution in [1.82, 2.24) is 0 Å². The largest absolute Gasteiger partial charge is 0.396 e. The van der Waals surface area contributed by atoms with Crippen molar-refractivity contribution in [3.8, 4) is 0 Å². The molecule has 2 nitrogen and oxygen atoms in total. The quantitative estimate of drug-likeness (QED) is 0.540. The van der Waals surface area contributed by atoms with E-state index in [0.717, 1.165) is 31.1 Å². The van der Waals surface area contributed by atoms with Crippen LogP contribution in [0.5, 0.6) is 0 Å². The van der Waals surface area contributed by atoms with Crippen molar-refractivity contribution in [2.45, 2.75) is 38.5 Å². The Bertz CT molecular complexity index is 290. The van der Waals surface area contributed by atoms with Gasteiger partial charge in [0.25, 0.3) is 0 Å². The lowest BCUT2D eigenvalue weighted by atomic mass is 10.0. The summed E-state index contributed by atoms with van der Waals surface area (Å²) in [4.78, 5) is 10.5. The zero-order chi connectivity index (χ0) is 11.6. The van der Waals surface area contributed by atoms with Gasteiger partial charge in [0, 0.05) is 12.2 Å². The molecule has 0 aliphatic heterocycles. The Labute approximate surface area is 97.3 Å². The zero-order valence-corrected chi connectivity index (χ0v) is 9.69. The van der Waals surface area contributed by atoms with E-state index in [0.29, 0.717) is 6.61 Å². The monoisotopic (exact) mass is 220 g/mol. The van der Waals surface area contributed by atoms with E-state index in [1.807, 2.05) is 24.3 Å². The van der Waals surface area contributed by atoms with Crippen molar-refractivity contribution < 1.29 is 9.90 Å². The normalized spacial score (nSPS) is 10.3. The van der Waals surface area contributed by atoms with Crippen LogP contribution in [0.4, 0.5) is 0 Å². The van der Waals surface area contributed by atoms with Crippen LogP contribution in [0.1, 0.15) is 48.0 Å². The highest BCUT2D eigenvalue weighted by Crippen LogP contribution is 2.09. The van der Waals surface area contributed by atoms with Gasteiger partial charge < -0.3 is 5.11 Å². The molecule has 0 bridgehead atoms. The van der Waals surface area contributed by atoms with Crippen molar-refractivity contribution in [3.05, 3.63) is 35.4 Å². The third-order valence-corrected chi connectivity index (χ3v) is 2.74. The molecular formula is C14H20O2. The number of rotatable bonds is 8. The van der Waals surface area contributed by atoms with Crippen LogP contribution in [-0.4, -0.2) is 18.0 Å². The van der Waals surface area contributed by atoms with Gasteiger partial charge in [0.1, 0.15) is 6.29 Å². The van der Waals surface area contributed by atoms with Gasteiger partial charge in [-0.3, -0.25) is 4.79 Å². The maximum atomic E-state index is 10.5. The molecule has 0 spiro atoms. The van der Waals surface area contributed by atoms with Crippen LogP contribution in [0.3, 0.4) is 0 Å². The number of hydrogen-bond donors (Lipinski definition) is 1. The van der Waals surface area contributed by atoms with Gasteiger partial charge in [-0.1, -0.05) is 43.5 Å². The summed E-state index contributed by atoms with van der Waals surface area (Å²) in [7, 11) is 0. The zero-order valence-electron chi connectivity index (χ0n) is 9.69. The fourth-order valence-corrected chi connectivity index (χ4v) is 1.73. The van der Waals surface area contributed by atoms with Gasteiger partial charge in [0.05, 0.1) is 0 Å². The second kappa shape index (κ2) is 8.05. The van der Waals surface area contributed by atoms with E-state index < -0.39 is 0 Å². The summed E-state index contributed by atoms with van der Waals surface area (Å²) in [6.45, 7) is 0.313. The maximum Gasteiger partial charge on any atom is 0.150 e. The van der Waals surface area contributed by atoms with Crippen LogP contribution >= 0.6 is 0 Å².